The summed E-state index contributed by atoms with van der Waals surface area (Å²) in [6, 6.07) is 11.2. The van der Waals surface area contributed by atoms with Crippen LogP contribution in [0.1, 0.15) is 42.7 Å². The molecule has 2 N–H and O–H groups in total. The Labute approximate surface area is 152 Å². The maximum atomic E-state index is 6.17. The molecule has 1 unspecified atom stereocenters. The molecule has 0 fully saturated rings. The van der Waals surface area contributed by atoms with Crippen molar-refractivity contribution >= 4 is 28.3 Å². The molecule has 1 spiro atoms. The quantitative estimate of drug-likeness (QED) is 0.748. The van der Waals surface area contributed by atoms with Crippen LogP contribution < -0.4 is 5.73 Å². The molecule has 4 rings (SSSR count). The molecule has 24 heavy (non-hydrogen) atoms. The van der Waals surface area contributed by atoms with Crippen LogP contribution in [0.3, 0.4) is 0 Å². The monoisotopic (exact) mass is 356 g/mol. The molecule has 1 aromatic heterocycles. The largest absolute Gasteiger partial charge is 0.379 e. The van der Waals surface area contributed by atoms with Gasteiger partial charge in [0.05, 0.1) is 5.54 Å². The van der Waals surface area contributed by atoms with E-state index in [1.165, 1.54) is 32.9 Å². The summed E-state index contributed by atoms with van der Waals surface area (Å²) in [6.07, 6.45) is 3.42. The van der Waals surface area contributed by atoms with Crippen LogP contribution in [0.5, 0.6) is 0 Å². The first kappa shape index (κ1) is 16.2. The van der Waals surface area contributed by atoms with Gasteiger partial charge in [0.15, 0.2) is 5.17 Å². The number of hydrogen-bond acceptors (Lipinski definition) is 4. The van der Waals surface area contributed by atoms with Crippen LogP contribution in [0.4, 0.5) is 0 Å². The molecule has 0 radical (unpaired) electrons. The number of nitrogens with two attached hydrogens (primary N) is 1. The number of aliphatic imine (C=N–C) groups is 1. The molecule has 1 aliphatic heterocycles. The second-order valence-corrected chi connectivity index (χ2v) is 9.86. The van der Waals surface area contributed by atoms with Gasteiger partial charge in [0.25, 0.3) is 0 Å². The van der Waals surface area contributed by atoms with E-state index in [-0.39, 0.29) is 11.0 Å². The van der Waals surface area contributed by atoms with Crippen molar-refractivity contribution in [1.29, 1.82) is 0 Å². The molecule has 0 amide bonds. The number of nitrogens with zero attached hydrogens (tertiary/aromatic N) is 1. The molecule has 2 nitrogen and oxygen atoms in total. The van der Waals surface area contributed by atoms with Crippen molar-refractivity contribution in [2.24, 2.45) is 16.1 Å². The molecule has 1 aliphatic carbocycles. The van der Waals surface area contributed by atoms with Crippen LogP contribution in [0.25, 0.3) is 10.4 Å². The standard InChI is InChI=1S/C20H24N2S2/c1-13-5-4-6-14(11-13)17-12-15-16(24-17)7-8-19(2,3)20(15)9-10-23-18(21)22-20/h4-6,11-12H,7-10H2,1-3H3,(H2,21,22). The van der Waals surface area contributed by atoms with Crippen molar-refractivity contribution in [3.8, 4) is 10.4 Å². The van der Waals surface area contributed by atoms with Gasteiger partial charge in [-0.15, -0.1) is 11.3 Å². The zero-order chi connectivity index (χ0) is 16.9. The predicted octanol–water partition coefficient (Wildman–Crippen LogP) is 5.34. The van der Waals surface area contributed by atoms with E-state index in [9.17, 15) is 0 Å². The summed E-state index contributed by atoms with van der Waals surface area (Å²) in [7, 11) is 0. The lowest BCUT2D eigenvalue weighted by Gasteiger charge is -2.49. The van der Waals surface area contributed by atoms with Crippen LogP contribution in [0, 0.1) is 12.3 Å². The number of hydrogen-bond donors (Lipinski definition) is 1. The summed E-state index contributed by atoms with van der Waals surface area (Å²) in [4.78, 5) is 7.93. The maximum absolute atomic E-state index is 6.17. The Kier molecular flexibility index (Phi) is 3.81. The summed E-state index contributed by atoms with van der Waals surface area (Å²) in [6.45, 7) is 6.89. The summed E-state index contributed by atoms with van der Waals surface area (Å²) in [5, 5.41) is 0.755. The van der Waals surface area contributed by atoms with Gasteiger partial charge >= 0.3 is 0 Å². The van der Waals surface area contributed by atoms with E-state index in [2.05, 4.69) is 51.1 Å². The van der Waals surface area contributed by atoms with E-state index in [0.717, 1.165) is 23.8 Å². The van der Waals surface area contributed by atoms with Gasteiger partial charge in [0.2, 0.25) is 0 Å². The summed E-state index contributed by atoms with van der Waals surface area (Å²) < 4.78 is 0. The fourth-order valence-electron chi connectivity index (χ4n) is 4.17. The Hall–Kier alpha value is -1.26. The topological polar surface area (TPSA) is 38.4 Å². The van der Waals surface area contributed by atoms with Gasteiger partial charge in [-0.25, -0.2) is 0 Å². The van der Waals surface area contributed by atoms with Crippen molar-refractivity contribution in [2.75, 3.05) is 5.75 Å². The van der Waals surface area contributed by atoms with Gasteiger partial charge < -0.3 is 5.73 Å². The number of rotatable bonds is 1. The highest BCUT2D eigenvalue weighted by molar-refractivity contribution is 8.13. The van der Waals surface area contributed by atoms with Crippen molar-refractivity contribution < 1.29 is 0 Å². The van der Waals surface area contributed by atoms with Crippen LogP contribution >= 0.6 is 23.1 Å². The third-order valence-corrected chi connectivity index (χ3v) is 7.71. The first-order chi connectivity index (χ1) is 11.4. The number of aryl methyl sites for hydroxylation is 2. The molecule has 2 heterocycles. The van der Waals surface area contributed by atoms with Crippen LogP contribution in [0.15, 0.2) is 35.3 Å². The van der Waals surface area contributed by atoms with Gasteiger partial charge in [0, 0.05) is 15.5 Å². The average Bonchev–Trinajstić information content (AvgIpc) is 2.97. The molecule has 1 atom stereocenters. The molecule has 1 aromatic carbocycles. The summed E-state index contributed by atoms with van der Waals surface area (Å²) in [5.74, 6) is 1.06. The van der Waals surface area contributed by atoms with E-state index < -0.39 is 0 Å². The summed E-state index contributed by atoms with van der Waals surface area (Å²) in [5.41, 5.74) is 10.2. The second kappa shape index (κ2) is 5.63. The van der Waals surface area contributed by atoms with Gasteiger partial charge in [0.1, 0.15) is 0 Å². The molecule has 4 heteroatoms. The van der Waals surface area contributed by atoms with E-state index in [1.807, 2.05) is 11.3 Å². The molecule has 0 saturated carbocycles. The molecule has 2 aliphatic rings. The van der Waals surface area contributed by atoms with Gasteiger partial charge in [-0.1, -0.05) is 55.4 Å². The van der Waals surface area contributed by atoms with E-state index in [1.54, 1.807) is 11.8 Å². The zero-order valence-electron chi connectivity index (χ0n) is 14.6. The highest BCUT2D eigenvalue weighted by atomic mass is 32.2. The fourth-order valence-corrected chi connectivity index (χ4v) is 6.22. The minimum absolute atomic E-state index is 0.144. The minimum atomic E-state index is -0.144. The SMILES string of the molecule is Cc1cccc(-c2cc3c(s2)CCC(C)(C)C32CCSC(N)=N2)c1. The van der Waals surface area contributed by atoms with Crippen molar-refractivity contribution in [2.45, 2.75) is 45.6 Å². The lowest BCUT2D eigenvalue weighted by atomic mass is 9.61. The summed E-state index contributed by atoms with van der Waals surface area (Å²) >= 11 is 3.65. The van der Waals surface area contributed by atoms with Gasteiger partial charge in [-0.3, -0.25) is 4.99 Å². The maximum Gasteiger partial charge on any atom is 0.154 e. The Balaban J connectivity index is 1.88. The molecular weight excluding hydrogens is 332 g/mol. The highest BCUT2D eigenvalue weighted by Crippen LogP contribution is 2.57. The normalized spacial score (nSPS) is 25.4. The molecule has 0 saturated heterocycles. The Bertz CT molecular complexity index is 819. The minimum Gasteiger partial charge on any atom is -0.379 e. The number of thioether (sulfide) groups is 1. The Morgan fingerprint density at radius 2 is 2.00 bits per heavy atom. The van der Waals surface area contributed by atoms with Crippen molar-refractivity contribution in [1.82, 2.24) is 0 Å². The number of amidine groups is 1. The van der Waals surface area contributed by atoms with E-state index in [4.69, 9.17) is 10.7 Å². The highest BCUT2D eigenvalue weighted by Gasteiger charge is 2.51. The molecule has 2 aromatic rings. The predicted molar refractivity (Wildman–Crippen MR) is 107 cm³/mol. The first-order valence-corrected chi connectivity index (χ1v) is 10.4. The van der Waals surface area contributed by atoms with E-state index in [0.29, 0.717) is 0 Å². The smallest absolute Gasteiger partial charge is 0.154 e. The molecule has 126 valence electrons. The first-order valence-electron chi connectivity index (χ1n) is 8.60. The van der Waals surface area contributed by atoms with Crippen molar-refractivity contribution in [3.05, 3.63) is 46.3 Å². The van der Waals surface area contributed by atoms with Gasteiger partial charge in [-0.2, -0.15) is 0 Å². The lowest BCUT2D eigenvalue weighted by molar-refractivity contribution is 0.134. The third-order valence-electron chi connectivity index (χ3n) is 5.67. The molecule has 0 bridgehead atoms. The number of benzene rings is 1. The Morgan fingerprint density at radius 1 is 1.17 bits per heavy atom. The van der Waals surface area contributed by atoms with E-state index >= 15 is 0 Å². The van der Waals surface area contributed by atoms with Gasteiger partial charge in [-0.05, 0) is 48.8 Å². The lowest BCUT2D eigenvalue weighted by Crippen LogP contribution is -2.47. The van der Waals surface area contributed by atoms with Crippen LogP contribution in [0.2, 0.25) is 0 Å². The Morgan fingerprint density at radius 3 is 2.75 bits per heavy atom. The number of thiophene rings is 1. The number of fused-ring (bicyclic) bond motifs is 2. The zero-order valence-corrected chi connectivity index (χ0v) is 16.2. The fraction of sp³-hybridized carbons (Fsp3) is 0.450. The third kappa shape index (κ3) is 2.42. The van der Waals surface area contributed by atoms with Crippen molar-refractivity contribution in [3.63, 3.8) is 0 Å². The molecular formula is C20H24N2S2. The van der Waals surface area contributed by atoms with Crippen LogP contribution in [-0.2, 0) is 12.0 Å². The average molecular weight is 357 g/mol. The second-order valence-electron chi connectivity index (χ2n) is 7.61. The van der Waals surface area contributed by atoms with Crippen LogP contribution in [-0.4, -0.2) is 10.9 Å².